The van der Waals surface area contributed by atoms with Gasteiger partial charge in [0.2, 0.25) is 5.91 Å². The summed E-state index contributed by atoms with van der Waals surface area (Å²) in [6.45, 7) is 0. The fraction of sp³-hybridized carbons (Fsp3) is 0.417. The van der Waals surface area contributed by atoms with Gasteiger partial charge in [-0.25, -0.2) is 4.39 Å². The summed E-state index contributed by atoms with van der Waals surface area (Å²) in [5, 5.41) is 0. The number of halogens is 4. The molecule has 2 N–H and O–H groups in total. The Morgan fingerprint density at radius 2 is 1.95 bits per heavy atom. The van der Waals surface area contributed by atoms with Crippen molar-refractivity contribution in [2.24, 2.45) is 5.73 Å². The van der Waals surface area contributed by atoms with Crippen molar-refractivity contribution in [2.45, 2.75) is 24.7 Å². The summed E-state index contributed by atoms with van der Waals surface area (Å²) in [5.41, 5.74) is 4.72. The van der Waals surface area contributed by atoms with Gasteiger partial charge in [0.05, 0.1) is 11.6 Å². The summed E-state index contributed by atoms with van der Waals surface area (Å²) in [7, 11) is 1.44. The molecular weight excluding hydrogens is 264 g/mol. The van der Waals surface area contributed by atoms with Crippen LogP contribution in [-0.4, -0.2) is 23.9 Å². The van der Waals surface area contributed by atoms with E-state index in [4.69, 9.17) is 5.73 Å². The zero-order valence-corrected chi connectivity index (χ0v) is 10.0. The van der Waals surface area contributed by atoms with E-state index in [1.807, 2.05) is 0 Å². The molecule has 7 heteroatoms. The largest absolute Gasteiger partial charge is 0.416 e. The Kier molecular flexibility index (Phi) is 3.25. The van der Waals surface area contributed by atoms with Crippen molar-refractivity contribution in [3.63, 3.8) is 0 Å². The minimum atomic E-state index is -4.64. The van der Waals surface area contributed by atoms with E-state index < -0.39 is 29.6 Å². The fourth-order valence-corrected chi connectivity index (χ4v) is 2.32. The van der Waals surface area contributed by atoms with Crippen LogP contribution in [0.5, 0.6) is 0 Å². The Balaban J connectivity index is 2.46. The average Bonchev–Trinajstić information content (AvgIpc) is 2.51. The molecule has 19 heavy (non-hydrogen) atoms. The third-order valence-corrected chi connectivity index (χ3v) is 3.22. The molecule has 0 bridgehead atoms. The smallest absolute Gasteiger partial charge is 0.337 e. The van der Waals surface area contributed by atoms with Gasteiger partial charge in [-0.2, -0.15) is 13.2 Å². The SMILES string of the molecule is CN1C(=O)CC(N)C1c1cc(F)cc(C(F)(F)F)c1. The van der Waals surface area contributed by atoms with E-state index in [-0.39, 0.29) is 17.9 Å². The molecule has 1 heterocycles. The zero-order valence-electron chi connectivity index (χ0n) is 10.0. The van der Waals surface area contributed by atoms with Crippen molar-refractivity contribution < 1.29 is 22.4 Å². The molecule has 1 aliphatic heterocycles. The summed E-state index contributed by atoms with van der Waals surface area (Å²) in [5.74, 6) is -1.26. The van der Waals surface area contributed by atoms with Crippen molar-refractivity contribution in [3.05, 3.63) is 35.1 Å². The van der Waals surface area contributed by atoms with Crippen LogP contribution in [0.3, 0.4) is 0 Å². The molecule has 1 amide bonds. The minimum absolute atomic E-state index is 0.0407. The molecule has 3 nitrogen and oxygen atoms in total. The first-order chi connectivity index (χ1) is 8.70. The topological polar surface area (TPSA) is 46.3 Å². The maximum Gasteiger partial charge on any atom is 0.416 e. The predicted molar refractivity (Wildman–Crippen MR) is 59.5 cm³/mol. The summed E-state index contributed by atoms with van der Waals surface area (Å²) < 4.78 is 51.2. The molecule has 0 aliphatic carbocycles. The fourth-order valence-electron chi connectivity index (χ4n) is 2.32. The Labute approximate surface area is 107 Å². The summed E-state index contributed by atoms with van der Waals surface area (Å²) >= 11 is 0. The molecule has 1 aliphatic rings. The second kappa shape index (κ2) is 4.48. The van der Waals surface area contributed by atoms with Gasteiger partial charge in [0.25, 0.3) is 0 Å². The number of carbonyl (C=O) groups excluding carboxylic acids is 1. The number of nitrogens with zero attached hydrogens (tertiary/aromatic N) is 1. The van der Waals surface area contributed by atoms with E-state index in [1.54, 1.807) is 0 Å². The molecule has 0 saturated carbocycles. The summed E-state index contributed by atoms with van der Waals surface area (Å²) in [6.07, 6.45) is -4.60. The molecule has 0 spiro atoms. The van der Waals surface area contributed by atoms with Gasteiger partial charge >= 0.3 is 6.18 Å². The number of likely N-dealkylation sites (tertiary alicyclic amines) is 1. The van der Waals surface area contributed by atoms with Gasteiger partial charge in [-0.1, -0.05) is 0 Å². The highest BCUT2D eigenvalue weighted by molar-refractivity contribution is 5.80. The third-order valence-electron chi connectivity index (χ3n) is 3.22. The van der Waals surface area contributed by atoms with Crippen molar-refractivity contribution in [1.82, 2.24) is 4.90 Å². The maximum absolute atomic E-state index is 13.3. The molecule has 1 fully saturated rings. The quantitative estimate of drug-likeness (QED) is 0.798. The highest BCUT2D eigenvalue weighted by Gasteiger charge is 2.38. The van der Waals surface area contributed by atoms with Crippen molar-refractivity contribution in [2.75, 3.05) is 7.05 Å². The van der Waals surface area contributed by atoms with Crippen LogP contribution >= 0.6 is 0 Å². The van der Waals surface area contributed by atoms with E-state index in [9.17, 15) is 22.4 Å². The lowest BCUT2D eigenvalue weighted by molar-refractivity contribution is -0.137. The highest BCUT2D eigenvalue weighted by Crippen LogP contribution is 2.35. The monoisotopic (exact) mass is 276 g/mol. The van der Waals surface area contributed by atoms with E-state index >= 15 is 0 Å². The predicted octanol–water partition coefficient (Wildman–Crippen LogP) is 2.08. The van der Waals surface area contributed by atoms with Gasteiger partial charge in [0.1, 0.15) is 5.82 Å². The number of likely N-dealkylation sites (N-methyl/N-ethyl adjacent to an activating group) is 1. The number of hydrogen-bond acceptors (Lipinski definition) is 2. The molecule has 104 valence electrons. The lowest BCUT2D eigenvalue weighted by atomic mass is 9.98. The van der Waals surface area contributed by atoms with Gasteiger partial charge < -0.3 is 10.6 Å². The Hall–Kier alpha value is -1.63. The molecule has 0 radical (unpaired) electrons. The van der Waals surface area contributed by atoms with Gasteiger partial charge in [-0.05, 0) is 23.8 Å². The first kappa shape index (κ1) is 13.8. The van der Waals surface area contributed by atoms with E-state index in [2.05, 4.69) is 0 Å². The van der Waals surface area contributed by atoms with Crippen LogP contribution in [0.1, 0.15) is 23.6 Å². The van der Waals surface area contributed by atoms with E-state index in [0.717, 1.165) is 12.1 Å². The van der Waals surface area contributed by atoms with Crippen molar-refractivity contribution >= 4 is 5.91 Å². The average molecular weight is 276 g/mol. The second-order valence-corrected chi connectivity index (χ2v) is 4.59. The molecular formula is C12H12F4N2O. The second-order valence-electron chi connectivity index (χ2n) is 4.59. The number of carbonyl (C=O) groups is 1. The van der Waals surface area contributed by atoms with Crippen LogP contribution in [0.15, 0.2) is 18.2 Å². The first-order valence-corrected chi connectivity index (χ1v) is 5.59. The lowest BCUT2D eigenvalue weighted by Gasteiger charge is -2.24. The Bertz CT molecular complexity index is 515. The van der Waals surface area contributed by atoms with Crippen LogP contribution in [0.4, 0.5) is 17.6 Å². The van der Waals surface area contributed by atoms with Crippen LogP contribution < -0.4 is 5.73 Å². The molecule has 1 aromatic rings. The van der Waals surface area contributed by atoms with Gasteiger partial charge in [0.15, 0.2) is 0 Å². The molecule has 1 saturated heterocycles. The lowest BCUT2D eigenvalue weighted by Crippen LogP contribution is -2.30. The number of nitrogens with two attached hydrogens (primary N) is 1. The van der Waals surface area contributed by atoms with E-state index in [0.29, 0.717) is 6.07 Å². The molecule has 1 aromatic carbocycles. The highest BCUT2D eigenvalue weighted by atomic mass is 19.4. The number of rotatable bonds is 1. The van der Waals surface area contributed by atoms with E-state index in [1.165, 1.54) is 11.9 Å². The van der Waals surface area contributed by atoms with Gasteiger partial charge in [-0.3, -0.25) is 4.79 Å². The van der Waals surface area contributed by atoms with Crippen LogP contribution in [0, 0.1) is 5.82 Å². The van der Waals surface area contributed by atoms with Crippen LogP contribution in [0.2, 0.25) is 0 Å². The number of benzene rings is 1. The van der Waals surface area contributed by atoms with Crippen molar-refractivity contribution in [1.29, 1.82) is 0 Å². The zero-order chi connectivity index (χ0) is 14.4. The first-order valence-electron chi connectivity index (χ1n) is 5.59. The number of hydrogen-bond donors (Lipinski definition) is 1. The minimum Gasteiger partial charge on any atom is -0.337 e. The van der Waals surface area contributed by atoms with Gasteiger partial charge in [-0.15, -0.1) is 0 Å². The molecule has 2 atom stereocenters. The van der Waals surface area contributed by atoms with Crippen LogP contribution in [0.25, 0.3) is 0 Å². The number of alkyl halides is 3. The summed E-state index contributed by atoms with van der Waals surface area (Å²) in [6, 6.07) is 0.869. The number of amides is 1. The van der Waals surface area contributed by atoms with Crippen molar-refractivity contribution in [3.8, 4) is 0 Å². The Morgan fingerprint density at radius 1 is 1.32 bits per heavy atom. The normalized spacial score (nSPS) is 24.1. The molecule has 2 rings (SSSR count). The summed E-state index contributed by atoms with van der Waals surface area (Å²) in [4.78, 5) is 12.7. The Morgan fingerprint density at radius 3 is 2.42 bits per heavy atom. The molecule has 2 unspecified atom stereocenters. The standard InChI is InChI=1S/C12H12F4N2O/c1-18-10(19)5-9(17)11(18)6-2-7(12(14,15)16)4-8(13)3-6/h2-4,9,11H,5,17H2,1H3. The maximum atomic E-state index is 13.3. The van der Waals surface area contributed by atoms with Gasteiger partial charge in [0, 0.05) is 19.5 Å². The van der Waals surface area contributed by atoms with Crippen LogP contribution in [-0.2, 0) is 11.0 Å². The third kappa shape index (κ3) is 2.56. The molecule has 0 aromatic heterocycles.